The van der Waals surface area contributed by atoms with Gasteiger partial charge in [-0.05, 0) is 19.3 Å². The summed E-state index contributed by atoms with van der Waals surface area (Å²) in [6.45, 7) is 2.45. The lowest BCUT2D eigenvalue weighted by Crippen LogP contribution is -2.47. The highest BCUT2D eigenvalue weighted by molar-refractivity contribution is 6.29. The zero-order valence-electron chi connectivity index (χ0n) is 20.8. The molecule has 0 aliphatic carbocycles. The molecule has 0 saturated carbocycles. The van der Waals surface area contributed by atoms with E-state index in [1.165, 1.54) is 32.1 Å². The highest BCUT2D eigenvalue weighted by Gasteiger charge is 2.36. The summed E-state index contributed by atoms with van der Waals surface area (Å²) in [7, 11) is 5.58. The van der Waals surface area contributed by atoms with Crippen molar-refractivity contribution in [3.8, 4) is 0 Å². The Kier molecular flexibility index (Phi) is 17.8. The highest BCUT2D eigenvalue weighted by Crippen LogP contribution is 2.23. The molecule has 0 unspecified atom stereocenters. The van der Waals surface area contributed by atoms with E-state index in [1.54, 1.807) is 0 Å². The molecule has 0 aliphatic rings. The van der Waals surface area contributed by atoms with Crippen LogP contribution in [0.5, 0.6) is 0 Å². The van der Waals surface area contributed by atoms with E-state index in [9.17, 15) is 19.8 Å². The fourth-order valence-electron chi connectivity index (χ4n) is 3.99. The zero-order valence-corrected chi connectivity index (χ0v) is 22.3. The smallest absolute Gasteiger partial charge is 0.316 e. The van der Waals surface area contributed by atoms with E-state index in [-0.39, 0.29) is 29.5 Å². The largest absolute Gasteiger partial charge is 0.481 e. The van der Waals surface area contributed by atoms with Crippen LogP contribution in [0, 0.1) is 5.92 Å². The van der Waals surface area contributed by atoms with E-state index in [1.807, 2.05) is 21.1 Å². The number of aliphatic hydroxyl groups is 1. The molecule has 0 saturated heterocycles. The minimum absolute atomic E-state index is 0.00733. The molecule has 4 atom stereocenters. The lowest BCUT2D eigenvalue weighted by molar-refractivity contribution is -0.873. The van der Waals surface area contributed by atoms with Crippen molar-refractivity contribution in [2.45, 2.75) is 114 Å². The van der Waals surface area contributed by atoms with Gasteiger partial charge in [0, 0.05) is 17.2 Å². The number of halogens is 2. The maximum absolute atomic E-state index is 12.3. The van der Waals surface area contributed by atoms with Gasteiger partial charge in [-0.15, -0.1) is 23.2 Å². The van der Waals surface area contributed by atoms with Gasteiger partial charge < -0.3 is 14.7 Å². The summed E-state index contributed by atoms with van der Waals surface area (Å²) in [6.07, 6.45) is 13.0. The van der Waals surface area contributed by atoms with Crippen LogP contribution in [0.1, 0.15) is 96.8 Å². The van der Waals surface area contributed by atoms with Crippen LogP contribution in [0.25, 0.3) is 0 Å². The van der Waals surface area contributed by atoms with Crippen LogP contribution in [-0.2, 0) is 9.59 Å². The van der Waals surface area contributed by atoms with Crippen molar-refractivity contribution in [3.05, 3.63) is 0 Å². The minimum Gasteiger partial charge on any atom is -0.481 e. The van der Waals surface area contributed by atoms with Crippen molar-refractivity contribution < 1.29 is 24.3 Å². The van der Waals surface area contributed by atoms with Gasteiger partial charge in [0.05, 0.1) is 21.1 Å². The zero-order chi connectivity index (χ0) is 24.6. The summed E-state index contributed by atoms with van der Waals surface area (Å²) in [5, 5.41) is 19.6. The average molecular weight is 498 g/mol. The van der Waals surface area contributed by atoms with E-state index >= 15 is 0 Å². The number of aliphatic hydroxyl groups excluding tert-OH is 1. The molecule has 0 aromatic heterocycles. The van der Waals surface area contributed by atoms with Crippen LogP contribution in [0.2, 0.25) is 0 Å². The number of hydrogen-bond acceptors (Lipinski definition) is 3. The number of aliphatic carboxylic acids is 1. The second kappa shape index (κ2) is 18.0. The van der Waals surface area contributed by atoms with Crippen LogP contribution in [-0.4, -0.2) is 71.0 Å². The number of carbonyl (C=O) groups is 2. The van der Waals surface area contributed by atoms with Crippen molar-refractivity contribution >= 4 is 35.0 Å². The molecular weight excluding hydrogens is 449 g/mol. The quantitative estimate of drug-likeness (QED) is 0.0880. The number of carboxylic acids is 1. The van der Waals surface area contributed by atoms with E-state index in [0.717, 1.165) is 44.9 Å². The first-order valence-electron chi connectivity index (χ1n) is 12.5. The first kappa shape index (κ1) is 31.6. The van der Waals surface area contributed by atoms with E-state index < -0.39 is 18.0 Å². The van der Waals surface area contributed by atoms with Gasteiger partial charge in [0.2, 0.25) is 0 Å². The van der Waals surface area contributed by atoms with Gasteiger partial charge in [-0.3, -0.25) is 9.59 Å². The molecule has 0 spiro atoms. The van der Waals surface area contributed by atoms with Gasteiger partial charge in [-0.1, -0.05) is 71.1 Å². The van der Waals surface area contributed by atoms with E-state index in [0.29, 0.717) is 10.9 Å². The fraction of sp³-hybridized carbons (Fsp3) is 0.920. The van der Waals surface area contributed by atoms with Crippen molar-refractivity contribution in [2.24, 2.45) is 5.92 Å². The summed E-state index contributed by atoms with van der Waals surface area (Å²) in [4.78, 5) is 23.8. The third kappa shape index (κ3) is 16.3. The Morgan fingerprint density at radius 2 is 1.22 bits per heavy atom. The van der Waals surface area contributed by atoms with Crippen LogP contribution in [0.15, 0.2) is 0 Å². The molecular formula is C25H48Cl2NO4+. The molecule has 0 aromatic carbocycles. The second-order valence-corrected chi connectivity index (χ2v) is 11.3. The lowest BCUT2D eigenvalue weighted by Gasteiger charge is -2.28. The number of likely N-dealkylation sites (N-methyl/N-ethyl adjacent to an activating group) is 1. The minimum atomic E-state index is -1.34. The molecule has 0 rings (SSSR count). The van der Waals surface area contributed by atoms with Crippen molar-refractivity contribution in [3.63, 3.8) is 0 Å². The SMILES string of the molecule is CCCCCCCC[C@H](Cl)[C@H](Cl)CCCCCCCC(=O)[C@H](C(=O)O)[C@@H](O)C[N+](C)(C)C. The van der Waals surface area contributed by atoms with Gasteiger partial charge in [0.25, 0.3) is 0 Å². The van der Waals surface area contributed by atoms with Crippen LogP contribution in [0.4, 0.5) is 0 Å². The summed E-state index contributed by atoms with van der Waals surface area (Å²) in [5.74, 6) is -2.95. The standard InChI is InChI=1S/C25H47Cl2NO4/c1-5-6-7-8-10-13-16-20(26)21(27)17-14-11-9-12-15-18-22(29)24(25(31)32)23(30)19-28(2,3)4/h20-21,23-24,30H,5-19H2,1-4H3/p+1/t20-,21+,23-,24-/m0/s1. The van der Waals surface area contributed by atoms with Gasteiger partial charge >= 0.3 is 5.97 Å². The van der Waals surface area contributed by atoms with Crippen molar-refractivity contribution in [1.29, 1.82) is 0 Å². The summed E-state index contributed by atoms with van der Waals surface area (Å²) < 4.78 is 0.405. The number of Topliss-reactive ketones (excluding diaryl/α,β-unsaturated/α-hetero) is 1. The van der Waals surface area contributed by atoms with E-state index in [4.69, 9.17) is 23.2 Å². The number of hydrogen-bond donors (Lipinski definition) is 2. The summed E-state index contributed by atoms with van der Waals surface area (Å²) in [5.41, 5.74) is 0. The molecule has 5 nitrogen and oxygen atoms in total. The van der Waals surface area contributed by atoms with Crippen LogP contribution >= 0.6 is 23.2 Å². The number of rotatable bonds is 21. The van der Waals surface area contributed by atoms with Crippen molar-refractivity contribution in [2.75, 3.05) is 27.7 Å². The molecule has 0 bridgehead atoms. The summed E-state index contributed by atoms with van der Waals surface area (Å²) >= 11 is 12.9. The Hall–Kier alpha value is -0.360. The van der Waals surface area contributed by atoms with Gasteiger partial charge in [0.15, 0.2) is 0 Å². The molecule has 0 fully saturated rings. The van der Waals surface area contributed by atoms with Crippen LogP contribution in [0.3, 0.4) is 0 Å². The third-order valence-electron chi connectivity index (χ3n) is 5.86. The molecule has 7 heteroatoms. The average Bonchev–Trinajstić information content (AvgIpc) is 2.67. The van der Waals surface area contributed by atoms with E-state index in [2.05, 4.69) is 6.92 Å². The van der Waals surface area contributed by atoms with Gasteiger partial charge in [0.1, 0.15) is 24.3 Å². The van der Waals surface area contributed by atoms with Gasteiger partial charge in [-0.25, -0.2) is 0 Å². The first-order valence-corrected chi connectivity index (χ1v) is 13.4. The molecule has 32 heavy (non-hydrogen) atoms. The van der Waals surface area contributed by atoms with Crippen LogP contribution < -0.4 is 0 Å². The number of alkyl halides is 2. The monoisotopic (exact) mass is 496 g/mol. The molecule has 0 amide bonds. The number of carboxylic acid groups (broad SMARTS) is 1. The van der Waals surface area contributed by atoms with Crippen molar-refractivity contribution in [1.82, 2.24) is 0 Å². The molecule has 0 aromatic rings. The lowest BCUT2D eigenvalue weighted by atomic mass is 9.93. The Morgan fingerprint density at radius 3 is 1.66 bits per heavy atom. The predicted molar refractivity (Wildman–Crippen MR) is 135 cm³/mol. The third-order valence-corrected chi connectivity index (χ3v) is 7.04. The van der Waals surface area contributed by atoms with Gasteiger partial charge in [-0.2, -0.15) is 0 Å². The molecule has 190 valence electrons. The first-order chi connectivity index (χ1) is 15.0. The summed E-state index contributed by atoms with van der Waals surface area (Å²) in [6, 6.07) is 0. The topological polar surface area (TPSA) is 74.6 Å². The molecule has 2 N–H and O–H groups in total. The maximum atomic E-state index is 12.3. The molecule has 0 radical (unpaired) electrons. The number of nitrogens with zero attached hydrogens (tertiary/aromatic N) is 1. The predicted octanol–water partition coefficient (Wildman–Crippen LogP) is 6.02. The number of quaternary nitrogens is 1. The Balaban J connectivity index is 3.94. The Labute approximate surface area is 206 Å². The number of ketones is 1. The molecule has 0 heterocycles. The molecule has 0 aliphatic heterocycles. The highest BCUT2D eigenvalue weighted by atomic mass is 35.5. The number of unbranched alkanes of at least 4 members (excludes halogenated alkanes) is 9. The fourth-order valence-corrected chi connectivity index (χ4v) is 4.55. The Morgan fingerprint density at radius 1 is 0.781 bits per heavy atom. The maximum Gasteiger partial charge on any atom is 0.316 e. The number of carbonyl (C=O) groups excluding carboxylic acids is 1. The normalized spacial score (nSPS) is 15.8. The second-order valence-electron chi connectivity index (χ2n) is 10.2. The Bertz CT molecular complexity index is 511.